The Kier molecular flexibility index (Phi) is 6.70. The van der Waals surface area contributed by atoms with Gasteiger partial charge in [0.1, 0.15) is 22.8 Å². The second kappa shape index (κ2) is 9.91. The number of carbonyl (C=O) groups excluding carboxylic acids is 1. The molecule has 0 bridgehead atoms. The van der Waals surface area contributed by atoms with Crippen molar-refractivity contribution in [2.24, 2.45) is 0 Å². The maximum Gasteiger partial charge on any atom is 0.413 e. The van der Waals surface area contributed by atoms with Crippen LogP contribution in [0.15, 0.2) is 47.5 Å². The number of fused-ring (bicyclic) bond motifs is 2. The lowest BCUT2D eigenvalue weighted by molar-refractivity contribution is 0.0633. The van der Waals surface area contributed by atoms with Crippen LogP contribution in [-0.2, 0) is 17.8 Å². The molecule has 2 N–H and O–H groups in total. The number of hydrogen-bond acceptors (Lipinski definition) is 7. The zero-order chi connectivity index (χ0) is 28.9. The number of carboxylic acids is 1. The topological polar surface area (TPSA) is 127 Å². The molecule has 0 saturated carbocycles. The van der Waals surface area contributed by atoms with Crippen LogP contribution in [-0.4, -0.2) is 37.3 Å². The van der Waals surface area contributed by atoms with Gasteiger partial charge < -0.3 is 14.7 Å². The Morgan fingerprint density at radius 2 is 1.95 bits per heavy atom. The first-order chi connectivity index (χ1) is 18.8. The summed E-state index contributed by atoms with van der Waals surface area (Å²) >= 11 is 6.56. The molecule has 0 aliphatic carbocycles. The van der Waals surface area contributed by atoms with E-state index in [0.29, 0.717) is 29.2 Å². The predicted molar refractivity (Wildman–Crippen MR) is 148 cm³/mol. The van der Waals surface area contributed by atoms with Crippen LogP contribution in [0.3, 0.4) is 0 Å². The van der Waals surface area contributed by atoms with Crippen molar-refractivity contribution in [2.45, 2.75) is 46.4 Å². The van der Waals surface area contributed by atoms with Crippen molar-refractivity contribution in [3.05, 3.63) is 86.0 Å². The molecule has 1 amide bonds. The van der Waals surface area contributed by atoms with E-state index in [9.17, 15) is 23.9 Å². The molecule has 0 saturated heterocycles. The highest BCUT2D eigenvalue weighted by Crippen LogP contribution is 2.35. The molecule has 1 aliphatic heterocycles. The first kappa shape index (κ1) is 27.1. The number of amides is 1. The lowest BCUT2D eigenvalue weighted by Crippen LogP contribution is -2.27. The second-order valence-electron chi connectivity index (χ2n) is 10.4. The van der Waals surface area contributed by atoms with Crippen LogP contribution in [0.2, 0.25) is 5.02 Å². The molecule has 1 aromatic carbocycles. The van der Waals surface area contributed by atoms with E-state index in [1.807, 2.05) is 6.07 Å². The van der Waals surface area contributed by atoms with Crippen LogP contribution in [0.4, 0.5) is 20.8 Å². The third-order valence-electron chi connectivity index (χ3n) is 6.34. The molecule has 0 fully saturated rings. The number of rotatable bonds is 4. The van der Waals surface area contributed by atoms with Gasteiger partial charge >= 0.3 is 12.1 Å². The van der Waals surface area contributed by atoms with Crippen molar-refractivity contribution >= 4 is 46.3 Å². The van der Waals surface area contributed by atoms with E-state index < -0.39 is 28.7 Å². The highest BCUT2D eigenvalue weighted by molar-refractivity contribution is 6.33. The molecule has 0 radical (unpaired) electrons. The number of nitrogens with one attached hydrogen (secondary N) is 1. The minimum Gasteiger partial charge on any atom is -0.477 e. The number of pyridine rings is 3. The number of ether oxygens (including phenoxy) is 1. The van der Waals surface area contributed by atoms with Gasteiger partial charge in [-0.25, -0.2) is 23.9 Å². The number of anilines is 2. The molecule has 0 atom stereocenters. The third-order valence-corrected chi connectivity index (χ3v) is 6.62. The number of aromatic nitrogens is 3. The molecule has 0 unspecified atom stereocenters. The lowest BCUT2D eigenvalue weighted by atomic mass is 10.1. The van der Waals surface area contributed by atoms with Gasteiger partial charge in [0.05, 0.1) is 22.3 Å². The summed E-state index contributed by atoms with van der Waals surface area (Å²) in [5.41, 5.74) is 0.554. The summed E-state index contributed by atoms with van der Waals surface area (Å²) in [6, 6.07) is 7.81. The van der Waals surface area contributed by atoms with Crippen LogP contribution >= 0.6 is 11.6 Å². The molecule has 4 heterocycles. The minimum absolute atomic E-state index is 0.00750. The van der Waals surface area contributed by atoms with Gasteiger partial charge in [0.25, 0.3) is 0 Å². The Labute approximate surface area is 233 Å². The van der Waals surface area contributed by atoms with Crippen LogP contribution < -0.4 is 15.6 Å². The molecule has 5 rings (SSSR count). The number of nitrogens with zero attached hydrogens (tertiary/aromatic N) is 4. The van der Waals surface area contributed by atoms with Gasteiger partial charge in [-0.3, -0.25) is 14.7 Å². The summed E-state index contributed by atoms with van der Waals surface area (Å²) in [5.74, 6) is -1.22. The number of aromatic carboxylic acids is 1. The molecule has 10 nitrogen and oxygen atoms in total. The lowest BCUT2D eigenvalue weighted by Gasteiger charge is -2.21. The average Bonchev–Trinajstić information content (AvgIpc) is 3.29. The second-order valence-corrected chi connectivity index (χ2v) is 10.8. The maximum absolute atomic E-state index is 14.4. The van der Waals surface area contributed by atoms with Gasteiger partial charge in [0, 0.05) is 24.8 Å². The number of aryl methyl sites for hydroxylation is 1. The fourth-order valence-electron chi connectivity index (χ4n) is 4.58. The highest BCUT2D eigenvalue weighted by Gasteiger charge is 2.27. The Bertz CT molecular complexity index is 1770. The largest absolute Gasteiger partial charge is 0.477 e. The van der Waals surface area contributed by atoms with E-state index in [1.54, 1.807) is 44.7 Å². The van der Waals surface area contributed by atoms with Crippen LogP contribution in [0.5, 0.6) is 0 Å². The summed E-state index contributed by atoms with van der Waals surface area (Å²) in [7, 11) is 0. The number of hydrogen-bond donors (Lipinski definition) is 2. The fraction of sp³-hybridized carbons (Fsp3) is 0.250. The van der Waals surface area contributed by atoms with Crippen molar-refractivity contribution < 1.29 is 23.8 Å². The Morgan fingerprint density at radius 1 is 1.20 bits per heavy atom. The molecule has 40 heavy (non-hydrogen) atoms. The molecule has 12 heteroatoms. The normalized spacial score (nSPS) is 12.9. The molecule has 0 spiro atoms. The first-order valence-corrected chi connectivity index (χ1v) is 12.7. The molecular formula is C28H25ClFN5O5. The van der Waals surface area contributed by atoms with Gasteiger partial charge in [0.2, 0.25) is 5.43 Å². The van der Waals surface area contributed by atoms with E-state index in [0.717, 1.165) is 5.56 Å². The Hall–Kier alpha value is -4.51. The van der Waals surface area contributed by atoms with E-state index >= 15 is 0 Å². The number of benzene rings is 1. The van der Waals surface area contributed by atoms with Crippen molar-refractivity contribution in [2.75, 3.05) is 10.2 Å². The van der Waals surface area contributed by atoms with Crippen molar-refractivity contribution in [1.82, 2.24) is 14.5 Å². The Morgan fingerprint density at radius 3 is 2.60 bits per heavy atom. The maximum atomic E-state index is 14.4. The number of carboxylic acid groups (broad SMARTS) is 1. The van der Waals surface area contributed by atoms with E-state index in [1.165, 1.54) is 29.1 Å². The summed E-state index contributed by atoms with van der Waals surface area (Å²) in [5, 5.41) is 12.4. The average molecular weight is 566 g/mol. The predicted octanol–water partition coefficient (Wildman–Crippen LogP) is 5.45. The fourth-order valence-corrected chi connectivity index (χ4v) is 4.85. The van der Waals surface area contributed by atoms with Crippen LogP contribution in [0.1, 0.15) is 47.8 Å². The minimum atomic E-state index is -1.42. The zero-order valence-electron chi connectivity index (χ0n) is 22.1. The highest BCUT2D eigenvalue weighted by atomic mass is 35.5. The van der Waals surface area contributed by atoms with Crippen molar-refractivity contribution in [3.8, 4) is 5.69 Å². The molecule has 206 valence electrons. The summed E-state index contributed by atoms with van der Waals surface area (Å²) in [4.78, 5) is 48.0. The SMILES string of the molecule is Cc1cc(NC(=O)OC(C)(C)C)ncc1-n1cc(C(=O)O)c(=O)c2cc(Cl)c(N3Cc4cccc(F)c4C3)nc21. The molecule has 1 aliphatic rings. The standard InChI is InChI=1S/C28H25ClFN5O5/c1-14-8-22(32-27(39)40-28(2,3)4)31-10-21(14)35-13-18(26(37)38)23(36)16-9-19(29)25(33-24(16)35)34-11-15-6-5-7-20(30)17(15)12-34/h5-10,13H,11-12H2,1-4H3,(H,37,38)(H,31,32,39). The van der Waals surface area contributed by atoms with E-state index in [2.05, 4.69) is 15.3 Å². The van der Waals surface area contributed by atoms with Gasteiger partial charge in [-0.05, 0) is 57.0 Å². The Balaban J connectivity index is 1.62. The van der Waals surface area contributed by atoms with E-state index in [4.69, 9.17) is 16.3 Å². The summed E-state index contributed by atoms with van der Waals surface area (Å²) in [6.07, 6.45) is 1.92. The van der Waals surface area contributed by atoms with Gasteiger partial charge in [-0.15, -0.1) is 0 Å². The van der Waals surface area contributed by atoms with Crippen molar-refractivity contribution in [3.63, 3.8) is 0 Å². The zero-order valence-corrected chi connectivity index (χ0v) is 22.8. The van der Waals surface area contributed by atoms with E-state index in [-0.39, 0.29) is 34.2 Å². The third kappa shape index (κ3) is 5.07. The number of halogens is 2. The smallest absolute Gasteiger partial charge is 0.413 e. The first-order valence-electron chi connectivity index (χ1n) is 12.3. The van der Waals surface area contributed by atoms with Gasteiger partial charge in [-0.1, -0.05) is 23.7 Å². The summed E-state index contributed by atoms with van der Waals surface area (Å²) < 4.78 is 21.1. The van der Waals surface area contributed by atoms with Gasteiger partial charge in [-0.2, -0.15) is 0 Å². The molecule has 4 aromatic rings. The molecular weight excluding hydrogens is 541 g/mol. The van der Waals surface area contributed by atoms with Crippen LogP contribution in [0, 0.1) is 12.7 Å². The monoisotopic (exact) mass is 565 g/mol. The summed E-state index contributed by atoms with van der Waals surface area (Å²) in [6.45, 7) is 7.53. The quantitative estimate of drug-likeness (QED) is 0.334. The number of carbonyl (C=O) groups is 2. The molecule has 3 aromatic heterocycles. The van der Waals surface area contributed by atoms with Crippen molar-refractivity contribution in [1.29, 1.82) is 0 Å². The van der Waals surface area contributed by atoms with Crippen LogP contribution in [0.25, 0.3) is 16.7 Å². The van der Waals surface area contributed by atoms with Gasteiger partial charge in [0.15, 0.2) is 11.5 Å².